The second-order valence-electron chi connectivity index (χ2n) is 7.24. The number of allylic oxidation sites excluding steroid dienone is 3. The second-order valence-corrected chi connectivity index (χ2v) is 7.24. The van der Waals surface area contributed by atoms with Crippen LogP contribution in [0.2, 0.25) is 0 Å². The standard InChI is InChI=1S/C21H11N4/c1-2-14-8-15-3-4-16-9-17-5-6-18-10-19-20-12(11-22-19)7-13(1)23(14)21(20,24(15)16)25(17)18/h1-11H/q+1. The zero-order chi connectivity index (χ0) is 15.9. The first kappa shape index (κ1) is 11.2. The molecule has 0 saturated carbocycles. The quantitative estimate of drug-likeness (QED) is 0.651. The van der Waals surface area contributed by atoms with Crippen LogP contribution in [0.5, 0.6) is 0 Å². The van der Waals surface area contributed by atoms with E-state index in [1.54, 1.807) is 0 Å². The van der Waals surface area contributed by atoms with Crippen molar-refractivity contribution in [2.24, 2.45) is 4.99 Å². The van der Waals surface area contributed by atoms with E-state index in [1.165, 1.54) is 44.6 Å². The van der Waals surface area contributed by atoms with Crippen LogP contribution in [0.25, 0.3) is 24.3 Å². The van der Waals surface area contributed by atoms with E-state index in [9.17, 15) is 0 Å². The van der Waals surface area contributed by atoms with E-state index in [0.29, 0.717) is 0 Å². The van der Waals surface area contributed by atoms with Crippen LogP contribution in [0.4, 0.5) is 0 Å². The molecule has 4 heteroatoms. The fraction of sp³-hybridized carbons (Fsp3) is 0.0476. The van der Waals surface area contributed by atoms with Gasteiger partial charge in [-0.2, -0.15) is 0 Å². The normalized spacial score (nSPS) is 27.0. The van der Waals surface area contributed by atoms with Crippen LogP contribution in [0.3, 0.4) is 0 Å². The first-order chi connectivity index (χ1) is 12.4. The van der Waals surface area contributed by atoms with Crippen LogP contribution in [0.15, 0.2) is 64.0 Å². The van der Waals surface area contributed by atoms with Crippen LogP contribution < -0.4 is 10.7 Å². The van der Waals surface area contributed by atoms with Crippen molar-refractivity contribution in [1.29, 1.82) is 0 Å². The minimum Gasteiger partial charge on any atom is -0.257 e. The van der Waals surface area contributed by atoms with Crippen molar-refractivity contribution in [3.05, 3.63) is 81.0 Å². The zero-order valence-corrected chi connectivity index (χ0v) is 13.1. The van der Waals surface area contributed by atoms with Crippen LogP contribution in [0, 0.1) is 0 Å². The fourth-order valence-electron chi connectivity index (χ4n) is 5.40. The van der Waals surface area contributed by atoms with Crippen molar-refractivity contribution in [2.75, 3.05) is 0 Å². The molecule has 1 atom stereocenters. The number of nitrogens with zero attached hydrogens (tertiary/aromatic N) is 4. The Hall–Kier alpha value is -3.40. The first-order valence-electron chi connectivity index (χ1n) is 8.57. The number of aliphatic imine (C=N–C) groups is 1. The molecule has 25 heavy (non-hydrogen) atoms. The number of hydrogen-bond donors (Lipinski definition) is 0. The predicted octanol–water partition coefficient (Wildman–Crippen LogP) is 1.15. The molecule has 6 aliphatic heterocycles. The molecule has 0 bridgehead atoms. The van der Waals surface area contributed by atoms with Gasteiger partial charge in [-0.25, -0.2) is 0 Å². The first-order valence-corrected chi connectivity index (χ1v) is 8.57. The molecule has 8 heterocycles. The van der Waals surface area contributed by atoms with Crippen molar-refractivity contribution >= 4 is 36.2 Å². The Morgan fingerprint density at radius 1 is 0.840 bits per heavy atom. The van der Waals surface area contributed by atoms with Gasteiger partial charge in [-0.1, -0.05) is 0 Å². The van der Waals surface area contributed by atoms with Gasteiger partial charge in [-0.3, -0.25) is 14.1 Å². The predicted molar refractivity (Wildman–Crippen MR) is 96.3 cm³/mol. The Balaban J connectivity index is 1.77. The van der Waals surface area contributed by atoms with Gasteiger partial charge in [0.05, 0.1) is 27.8 Å². The van der Waals surface area contributed by atoms with Gasteiger partial charge in [-0.05, 0) is 36.4 Å². The SMILES string of the molecule is C1=CC2=[N+]3C1=Cc1ccc4n1C31C3=C(C=NC3=C4)C=c3ccc(n31)=C2. The molecule has 2 aromatic rings. The lowest BCUT2D eigenvalue weighted by atomic mass is 9.90. The third kappa shape index (κ3) is 0.908. The Bertz CT molecular complexity index is 1320. The minimum atomic E-state index is -0.412. The summed E-state index contributed by atoms with van der Waals surface area (Å²) < 4.78 is 7.43. The summed E-state index contributed by atoms with van der Waals surface area (Å²) in [5.74, 6) is -0.412. The highest BCUT2D eigenvalue weighted by molar-refractivity contribution is 6.16. The van der Waals surface area contributed by atoms with Gasteiger partial charge in [0.1, 0.15) is 5.57 Å². The third-order valence-corrected chi connectivity index (χ3v) is 6.16. The number of aromatic nitrogens is 2. The smallest absolute Gasteiger partial charge is 0.257 e. The summed E-state index contributed by atoms with van der Waals surface area (Å²) in [6.07, 6.45) is 15.5. The molecule has 0 amide bonds. The molecule has 0 aromatic carbocycles. The highest BCUT2D eigenvalue weighted by atomic mass is 15.5. The largest absolute Gasteiger partial charge is 0.366 e. The minimum absolute atomic E-state index is 0.412. The summed E-state index contributed by atoms with van der Waals surface area (Å²) >= 11 is 0. The average Bonchev–Trinajstić information content (AvgIpc) is 3.38. The van der Waals surface area contributed by atoms with E-state index in [0.717, 1.165) is 5.70 Å². The van der Waals surface area contributed by atoms with E-state index in [2.05, 4.69) is 74.4 Å². The number of rotatable bonds is 0. The van der Waals surface area contributed by atoms with E-state index in [4.69, 9.17) is 4.99 Å². The molecule has 2 aromatic heterocycles. The average molecular weight is 319 g/mol. The van der Waals surface area contributed by atoms with Crippen LogP contribution in [0.1, 0.15) is 11.4 Å². The lowest BCUT2D eigenvalue weighted by Crippen LogP contribution is -2.64. The van der Waals surface area contributed by atoms with Crippen LogP contribution in [-0.4, -0.2) is 25.6 Å². The molecule has 0 radical (unpaired) electrons. The molecule has 1 unspecified atom stereocenters. The summed E-state index contributed by atoms with van der Waals surface area (Å²) in [6.45, 7) is 0. The van der Waals surface area contributed by atoms with Gasteiger partial charge in [0.25, 0.3) is 0 Å². The Morgan fingerprint density at radius 2 is 1.68 bits per heavy atom. The monoisotopic (exact) mass is 319 g/mol. The number of hydrogen-bond acceptors (Lipinski definition) is 1. The van der Waals surface area contributed by atoms with Crippen molar-refractivity contribution < 1.29 is 4.58 Å². The maximum atomic E-state index is 4.77. The van der Waals surface area contributed by atoms with Gasteiger partial charge in [0.15, 0.2) is 0 Å². The molecule has 0 saturated heterocycles. The van der Waals surface area contributed by atoms with Crippen LogP contribution >= 0.6 is 0 Å². The fourth-order valence-corrected chi connectivity index (χ4v) is 5.40. The van der Waals surface area contributed by atoms with E-state index >= 15 is 0 Å². The third-order valence-electron chi connectivity index (χ3n) is 6.16. The molecule has 6 aliphatic rings. The molecular formula is C21H11N4+. The van der Waals surface area contributed by atoms with Gasteiger partial charge in [-0.15, -0.1) is 4.58 Å². The second kappa shape index (κ2) is 3.09. The van der Waals surface area contributed by atoms with Crippen LogP contribution in [-0.2, 0) is 5.79 Å². The lowest BCUT2D eigenvalue weighted by Gasteiger charge is -2.43. The molecule has 8 rings (SSSR count). The highest BCUT2D eigenvalue weighted by Gasteiger charge is 2.62. The van der Waals surface area contributed by atoms with E-state index < -0.39 is 5.79 Å². The zero-order valence-electron chi connectivity index (χ0n) is 13.1. The maximum Gasteiger partial charge on any atom is 0.366 e. The molecule has 0 fully saturated rings. The highest BCUT2D eigenvalue weighted by Crippen LogP contribution is 2.50. The molecule has 114 valence electrons. The van der Waals surface area contributed by atoms with Crippen molar-refractivity contribution in [1.82, 2.24) is 9.13 Å². The van der Waals surface area contributed by atoms with Gasteiger partial charge < -0.3 is 0 Å². The molecule has 4 nitrogen and oxygen atoms in total. The maximum absolute atomic E-state index is 4.77. The van der Waals surface area contributed by atoms with Gasteiger partial charge >= 0.3 is 5.79 Å². The Labute approximate surface area is 142 Å². The summed E-state index contributed by atoms with van der Waals surface area (Å²) in [7, 11) is 0. The Kier molecular flexibility index (Phi) is 1.39. The summed E-state index contributed by atoms with van der Waals surface area (Å²) in [5.41, 5.74) is 8.55. The Morgan fingerprint density at radius 3 is 2.60 bits per heavy atom. The van der Waals surface area contributed by atoms with Crippen molar-refractivity contribution in [2.45, 2.75) is 5.79 Å². The van der Waals surface area contributed by atoms with Crippen molar-refractivity contribution in [3.63, 3.8) is 0 Å². The molecule has 0 aliphatic carbocycles. The molecule has 0 N–H and O–H groups in total. The summed E-state index contributed by atoms with van der Waals surface area (Å²) in [4.78, 5) is 4.77. The van der Waals surface area contributed by atoms with Crippen molar-refractivity contribution in [3.8, 4) is 0 Å². The lowest BCUT2D eigenvalue weighted by molar-refractivity contribution is -0.589. The summed E-state index contributed by atoms with van der Waals surface area (Å²) in [6, 6.07) is 8.89. The van der Waals surface area contributed by atoms with E-state index in [-0.39, 0.29) is 0 Å². The van der Waals surface area contributed by atoms with Gasteiger partial charge in [0, 0.05) is 36.1 Å². The topological polar surface area (TPSA) is 25.2 Å². The molecule has 1 spiro atoms. The summed E-state index contributed by atoms with van der Waals surface area (Å²) in [5, 5.41) is 2.48. The molecular weight excluding hydrogens is 308 g/mol. The van der Waals surface area contributed by atoms with Gasteiger partial charge in [0.2, 0.25) is 11.4 Å². The van der Waals surface area contributed by atoms with E-state index in [1.807, 2.05) is 6.21 Å².